The van der Waals surface area contributed by atoms with Crippen molar-refractivity contribution in [1.29, 1.82) is 0 Å². The van der Waals surface area contributed by atoms with E-state index in [-0.39, 0.29) is 11.7 Å². The van der Waals surface area contributed by atoms with Gasteiger partial charge in [0, 0.05) is 5.69 Å². The first kappa shape index (κ1) is 14.8. The van der Waals surface area contributed by atoms with Crippen LogP contribution >= 0.6 is 0 Å². The number of carbonyl (C=O) groups excluding carboxylic acids is 1. The molecule has 23 heavy (non-hydrogen) atoms. The van der Waals surface area contributed by atoms with E-state index in [1.54, 1.807) is 24.4 Å². The zero-order valence-corrected chi connectivity index (χ0v) is 12.7. The third-order valence-electron chi connectivity index (χ3n) is 3.40. The molecule has 0 aliphatic rings. The number of hydrogen-bond acceptors (Lipinski definition) is 4. The van der Waals surface area contributed by atoms with Gasteiger partial charge in [0.15, 0.2) is 5.76 Å². The molecule has 0 saturated carbocycles. The maximum absolute atomic E-state index is 11.9. The largest absolute Gasteiger partial charge is 0.459 e. The van der Waals surface area contributed by atoms with Crippen LogP contribution in [0.5, 0.6) is 0 Å². The van der Waals surface area contributed by atoms with Gasteiger partial charge in [-0.15, -0.1) is 0 Å². The molecular weight excluding hydrogens is 290 g/mol. The molecule has 116 valence electrons. The first-order valence-electron chi connectivity index (χ1n) is 7.41. The van der Waals surface area contributed by atoms with Crippen molar-refractivity contribution in [2.24, 2.45) is 0 Å². The molecule has 3 aromatic rings. The fraction of sp³-hybridized carbons (Fsp3) is 0.111. The minimum atomic E-state index is -0.298. The van der Waals surface area contributed by atoms with E-state index >= 15 is 0 Å². The summed E-state index contributed by atoms with van der Waals surface area (Å²) in [5, 5.41) is 5.95. The average Bonchev–Trinajstić information content (AvgIpc) is 3.12. The van der Waals surface area contributed by atoms with E-state index in [9.17, 15) is 4.79 Å². The van der Waals surface area contributed by atoms with Crippen molar-refractivity contribution in [3.8, 4) is 0 Å². The lowest BCUT2D eigenvalue weighted by Crippen LogP contribution is -2.11. The highest BCUT2D eigenvalue weighted by atomic mass is 16.3. The molecule has 2 aromatic heterocycles. The van der Waals surface area contributed by atoms with Gasteiger partial charge in [-0.1, -0.05) is 19.1 Å². The second kappa shape index (κ2) is 6.79. The molecule has 0 radical (unpaired) electrons. The van der Waals surface area contributed by atoms with Crippen molar-refractivity contribution in [3.63, 3.8) is 0 Å². The number of rotatable bonds is 5. The van der Waals surface area contributed by atoms with E-state index in [4.69, 9.17) is 4.42 Å². The van der Waals surface area contributed by atoms with Crippen LogP contribution in [0.1, 0.15) is 23.0 Å². The molecule has 1 aromatic carbocycles. The zero-order chi connectivity index (χ0) is 16.1. The van der Waals surface area contributed by atoms with Crippen LogP contribution in [0.15, 0.2) is 65.4 Å². The number of nitrogens with one attached hydrogen (secondary N) is 2. The number of anilines is 3. The topological polar surface area (TPSA) is 67.2 Å². The monoisotopic (exact) mass is 307 g/mol. The van der Waals surface area contributed by atoms with Crippen LogP contribution in [-0.2, 0) is 6.42 Å². The molecule has 0 spiro atoms. The lowest BCUT2D eigenvalue weighted by Gasteiger charge is -2.08. The highest BCUT2D eigenvalue weighted by Gasteiger charge is 2.08. The molecule has 0 unspecified atom stereocenters. The van der Waals surface area contributed by atoms with Crippen molar-refractivity contribution in [1.82, 2.24) is 4.98 Å². The molecule has 0 bridgehead atoms. The maximum Gasteiger partial charge on any atom is 0.291 e. The average molecular weight is 307 g/mol. The molecule has 0 aliphatic heterocycles. The van der Waals surface area contributed by atoms with Crippen LogP contribution in [0.3, 0.4) is 0 Å². The van der Waals surface area contributed by atoms with Gasteiger partial charge in [0.2, 0.25) is 0 Å². The Morgan fingerprint density at radius 3 is 2.48 bits per heavy atom. The molecule has 0 aliphatic carbocycles. The molecule has 5 nitrogen and oxygen atoms in total. The summed E-state index contributed by atoms with van der Waals surface area (Å²) in [6, 6.07) is 15.1. The third-order valence-corrected chi connectivity index (χ3v) is 3.40. The summed E-state index contributed by atoms with van der Waals surface area (Å²) in [5.41, 5.74) is 2.87. The van der Waals surface area contributed by atoms with Gasteiger partial charge in [-0.3, -0.25) is 4.79 Å². The van der Waals surface area contributed by atoms with Gasteiger partial charge in [-0.05, 0) is 48.4 Å². The van der Waals surface area contributed by atoms with Gasteiger partial charge in [0.1, 0.15) is 5.82 Å². The second-order valence-corrected chi connectivity index (χ2v) is 5.04. The number of carbonyl (C=O) groups is 1. The van der Waals surface area contributed by atoms with E-state index in [2.05, 4.69) is 34.7 Å². The number of hydrogen-bond donors (Lipinski definition) is 2. The van der Waals surface area contributed by atoms with Gasteiger partial charge in [-0.2, -0.15) is 0 Å². The van der Waals surface area contributed by atoms with Crippen molar-refractivity contribution >= 4 is 23.1 Å². The summed E-state index contributed by atoms with van der Waals surface area (Å²) in [7, 11) is 0. The Hall–Kier alpha value is -3.08. The summed E-state index contributed by atoms with van der Waals surface area (Å²) in [6.07, 6.45) is 4.08. The van der Waals surface area contributed by atoms with E-state index in [1.165, 1.54) is 11.8 Å². The fourth-order valence-corrected chi connectivity index (χ4v) is 2.11. The quantitative estimate of drug-likeness (QED) is 0.740. The predicted octanol–water partition coefficient (Wildman–Crippen LogP) is 4.23. The van der Waals surface area contributed by atoms with Gasteiger partial charge in [0.25, 0.3) is 5.91 Å². The fourth-order valence-electron chi connectivity index (χ4n) is 2.11. The van der Waals surface area contributed by atoms with Crippen LogP contribution in [-0.4, -0.2) is 10.9 Å². The van der Waals surface area contributed by atoms with Crippen LogP contribution in [0.25, 0.3) is 0 Å². The highest BCUT2D eigenvalue weighted by molar-refractivity contribution is 6.02. The number of furan rings is 1. The zero-order valence-electron chi connectivity index (χ0n) is 12.7. The Bertz CT molecular complexity index is 763. The third kappa shape index (κ3) is 3.77. The number of benzene rings is 1. The first-order valence-corrected chi connectivity index (χ1v) is 7.41. The summed E-state index contributed by atoms with van der Waals surface area (Å²) >= 11 is 0. The molecule has 2 heterocycles. The normalized spacial score (nSPS) is 10.3. The van der Waals surface area contributed by atoms with Crippen molar-refractivity contribution in [2.45, 2.75) is 13.3 Å². The molecule has 0 atom stereocenters. The summed E-state index contributed by atoms with van der Waals surface area (Å²) < 4.78 is 5.04. The molecule has 0 saturated heterocycles. The molecule has 1 amide bonds. The van der Waals surface area contributed by atoms with E-state index in [0.29, 0.717) is 11.5 Å². The Morgan fingerprint density at radius 1 is 1.09 bits per heavy atom. The summed E-state index contributed by atoms with van der Waals surface area (Å²) in [4.78, 5) is 16.2. The van der Waals surface area contributed by atoms with E-state index in [1.807, 2.05) is 18.2 Å². The highest BCUT2D eigenvalue weighted by Crippen LogP contribution is 2.17. The Balaban J connectivity index is 1.63. The first-order chi connectivity index (χ1) is 11.2. The lowest BCUT2D eigenvalue weighted by atomic mass is 10.1. The number of pyridine rings is 1. The number of nitrogens with zero attached hydrogens (tertiary/aromatic N) is 1. The smallest absolute Gasteiger partial charge is 0.291 e. The maximum atomic E-state index is 11.9. The number of aryl methyl sites for hydroxylation is 1. The number of amides is 1. The van der Waals surface area contributed by atoms with Gasteiger partial charge >= 0.3 is 0 Å². The summed E-state index contributed by atoms with van der Waals surface area (Å²) in [5.74, 6) is 0.682. The van der Waals surface area contributed by atoms with Gasteiger partial charge < -0.3 is 15.1 Å². The van der Waals surface area contributed by atoms with Gasteiger partial charge in [-0.25, -0.2) is 4.98 Å². The van der Waals surface area contributed by atoms with Crippen molar-refractivity contribution < 1.29 is 9.21 Å². The second-order valence-electron chi connectivity index (χ2n) is 5.04. The van der Waals surface area contributed by atoms with Gasteiger partial charge in [0.05, 0.1) is 18.1 Å². The minimum absolute atomic E-state index is 0.267. The lowest BCUT2D eigenvalue weighted by molar-refractivity contribution is 0.0996. The van der Waals surface area contributed by atoms with Crippen molar-refractivity contribution in [2.75, 3.05) is 10.6 Å². The SMILES string of the molecule is CCc1ccc(Nc2ccc(NC(=O)c3ccco3)cn2)cc1. The molecule has 2 N–H and O–H groups in total. The molecule has 3 rings (SSSR count). The number of aromatic nitrogens is 1. The minimum Gasteiger partial charge on any atom is -0.459 e. The molecule has 5 heteroatoms. The van der Waals surface area contributed by atoms with Crippen LogP contribution < -0.4 is 10.6 Å². The standard InChI is InChI=1S/C18H17N3O2/c1-2-13-5-7-14(8-6-13)20-17-10-9-15(12-19-17)21-18(22)16-4-3-11-23-16/h3-12H,2H2,1H3,(H,19,20)(H,21,22). The van der Waals surface area contributed by atoms with Crippen LogP contribution in [0, 0.1) is 0 Å². The van der Waals surface area contributed by atoms with Crippen molar-refractivity contribution in [3.05, 3.63) is 72.3 Å². The Kier molecular flexibility index (Phi) is 4.38. The predicted molar refractivity (Wildman–Crippen MR) is 90.0 cm³/mol. The van der Waals surface area contributed by atoms with E-state index in [0.717, 1.165) is 12.1 Å². The van der Waals surface area contributed by atoms with Crippen LogP contribution in [0.2, 0.25) is 0 Å². The Labute approximate surface area is 134 Å². The van der Waals surface area contributed by atoms with Crippen LogP contribution in [0.4, 0.5) is 17.2 Å². The summed E-state index contributed by atoms with van der Waals surface area (Å²) in [6.45, 7) is 2.12. The molecule has 0 fully saturated rings. The molecular formula is C18H17N3O2. The Morgan fingerprint density at radius 2 is 1.87 bits per heavy atom. The van der Waals surface area contributed by atoms with E-state index < -0.39 is 0 Å².